The molecule has 0 bridgehead atoms. The number of carbonyl (C=O) groups excluding carboxylic acids is 2. The van der Waals surface area contributed by atoms with Crippen molar-refractivity contribution in [2.24, 2.45) is 0 Å². The fraction of sp³-hybridized carbons (Fsp3) is 0.364. The molecule has 152 valence electrons. The number of benzene rings is 2. The van der Waals surface area contributed by atoms with Crippen molar-refractivity contribution in [2.45, 2.75) is 33.0 Å². The second kappa shape index (κ2) is 9.29. The molecular weight excluding hydrogens is 376 g/mol. The van der Waals surface area contributed by atoms with Crippen molar-refractivity contribution in [2.75, 3.05) is 24.8 Å². The van der Waals surface area contributed by atoms with Gasteiger partial charge < -0.3 is 0 Å². The van der Waals surface area contributed by atoms with Crippen LogP contribution in [0.15, 0.2) is 42.5 Å². The number of amides is 1. The average Bonchev–Trinajstić information content (AvgIpc) is 2.62. The van der Waals surface area contributed by atoms with Gasteiger partial charge in [-0.2, -0.15) is 0 Å². The summed E-state index contributed by atoms with van der Waals surface area (Å²) in [6, 6.07) is 12.3. The number of ether oxygens (including phenoxy) is 1. The normalized spacial score (nSPS) is 12.9. The molecule has 0 aliphatic carbocycles. The van der Waals surface area contributed by atoms with Gasteiger partial charge in [0.1, 0.15) is 0 Å². The first kappa shape index (κ1) is 22.0. The van der Waals surface area contributed by atoms with Crippen molar-refractivity contribution in [3.05, 3.63) is 65.0 Å². The Morgan fingerprint density at radius 3 is 2.25 bits per heavy atom. The molecule has 0 heterocycles. The third kappa shape index (κ3) is 5.87. The topological polar surface area (TPSA) is 55.4 Å². The summed E-state index contributed by atoms with van der Waals surface area (Å²) in [7, 11) is -2.23. The van der Waals surface area contributed by atoms with E-state index in [0.29, 0.717) is 16.8 Å². The zero-order chi connectivity index (χ0) is 20.9. The molecule has 0 radical (unpaired) electrons. The molecule has 0 saturated carbocycles. The molecule has 1 atom stereocenters. The Bertz CT molecular complexity index is 829. The van der Waals surface area contributed by atoms with Gasteiger partial charge in [-0.05, 0) is 0 Å². The Hall–Kier alpha value is -2.26. The van der Waals surface area contributed by atoms with Gasteiger partial charge in [-0.25, -0.2) is 0 Å². The van der Waals surface area contributed by atoms with Gasteiger partial charge >= 0.3 is 166 Å². The predicted molar refractivity (Wildman–Crippen MR) is 115 cm³/mol. The van der Waals surface area contributed by atoms with Crippen LogP contribution >= 0.6 is 7.26 Å². The zero-order valence-electron chi connectivity index (χ0n) is 17.1. The van der Waals surface area contributed by atoms with Crippen LogP contribution in [-0.2, 0) is 20.9 Å². The molecule has 2 rings (SSSR count). The van der Waals surface area contributed by atoms with Crippen LogP contribution in [0, 0.1) is 19.7 Å². The summed E-state index contributed by atoms with van der Waals surface area (Å²) < 4.78 is 18.9. The van der Waals surface area contributed by atoms with Crippen molar-refractivity contribution in [1.82, 2.24) is 0 Å². The summed E-state index contributed by atoms with van der Waals surface area (Å²) in [4.78, 5) is 25.1. The van der Waals surface area contributed by atoms with E-state index < -0.39 is 7.26 Å². The number of carbonyl (C=O) groups is 2. The monoisotopic (exact) mass is 405 g/mol. The minimum absolute atomic E-state index is 0.148. The summed E-state index contributed by atoms with van der Waals surface area (Å²) in [6.45, 7) is 9.62. The van der Waals surface area contributed by atoms with Gasteiger partial charge in [-0.3, -0.25) is 0 Å². The third-order valence-corrected chi connectivity index (χ3v) is 8.96. The van der Waals surface area contributed by atoms with Crippen molar-refractivity contribution < 1.29 is 18.7 Å². The Morgan fingerprint density at radius 1 is 1.11 bits per heavy atom. The molecule has 1 amide bonds. The number of esters is 1. The van der Waals surface area contributed by atoms with Crippen LogP contribution < -0.4 is 5.32 Å². The van der Waals surface area contributed by atoms with Gasteiger partial charge in [0, 0.05) is 0 Å². The Kier molecular flexibility index (Phi) is 7.31. The van der Waals surface area contributed by atoms with E-state index in [2.05, 4.69) is 5.32 Å². The van der Waals surface area contributed by atoms with Crippen molar-refractivity contribution >= 4 is 24.8 Å². The standard InChI is InChI=1S/C22H29FNO3P/c1-15-11-19(23)12-16(2)21(15)24-22(26)17(3)28(4,5)14-20(25)27-13-18-9-7-6-8-10-18/h6-12,17,28H,13-14H2,1-5H3,(H,24,26). The van der Waals surface area contributed by atoms with E-state index in [1.807, 2.05) is 50.6 Å². The number of aryl methyl sites for hydroxylation is 2. The van der Waals surface area contributed by atoms with Gasteiger partial charge in [0.2, 0.25) is 0 Å². The molecule has 0 saturated heterocycles. The number of nitrogens with one attached hydrogen (secondary N) is 1. The Morgan fingerprint density at radius 2 is 1.68 bits per heavy atom. The van der Waals surface area contributed by atoms with E-state index in [1.165, 1.54) is 12.1 Å². The molecule has 4 nitrogen and oxygen atoms in total. The first-order valence-corrected chi connectivity index (χ1v) is 12.7. The maximum atomic E-state index is 13.5. The van der Waals surface area contributed by atoms with Crippen LogP contribution in [-0.4, -0.2) is 37.0 Å². The zero-order valence-corrected chi connectivity index (χ0v) is 18.1. The molecule has 28 heavy (non-hydrogen) atoms. The number of rotatable bonds is 7. The van der Waals surface area contributed by atoms with Gasteiger partial charge in [0.15, 0.2) is 0 Å². The quantitative estimate of drug-likeness (QED) is 0.544. The van der Waals surface area contributed by atoms with Gasteiger partial charge in [0.05, 0.1) is 0 Å². The molecular formula is C22H29FNO3P. The summed E-state index contributed by atoms with van der Waals surface area (Å²) in [6.07, 6.45) is 0.260. The van der Waals surface area contributed by atoms with Crippen LogP contribution in [0.4, 0.5) is 10.1 Å². The molecule has 1 N–H and O–H groups in total. The Labute approximate surface area is 166 Å². The van der Waals surface area contributed by atoms with E-state index in [4.69, 9.17) is 4.74 Å². The Balaban J connectivity index is 1.98. The summed E-state index contributed by atoms with van der Waals surface area (Å²) in [5.74, 6) is -0.753. The average molecular weight is 405 g/mol. The third-order valence-electron chi connectivity index (χ3n) is 5.15. The number of hydrogen-bond acceptors (Lipinski definition) is 3. The molecule has 0 spiro atoms. The molecule has 2 aromatic rings. The molecule has 2 aromatic carbocycles. The van der Waals surface area contributed by atoms with Crippen molar-refractivity contribution in [1.29, 1.82) is 0 Å². The van der Waals surface area contributed by atoms with Gasteiger partial charge in [-0.1, -0.05) is 0 Å². The van der Waals surface area contributed by atoms with Gasteiger partial charge in [0.25, 0.3) is 0 Å². The SMILES string of the molecule is Cc1cc(F)cc(C)c1NC(=O)C(C)[PH](C)(C)CC(=O)OCc1ccccc1. The van der Waals surface area contributed by atoms with E-state index in [-0.39, 0.29) is 36.1 Å². The number of halogens is 1. The minimum atomic E-state index is -2.23. The molecule has 0 aliphatic heterocycles. The van der Waals surface area contributed by atoms with Crippen LogP contribution in [0.3, 0.4) is 0 Å². The van der Waals surface area contributed by atoms with Crippen LogP contribution in [0.5, 0.6) is 0 Å². The molecule has 6 heteroatoms. The predicted octanol–water partition coefficient (Wildman–Crippen LogP) is 4.52. The van der Waals surface area contributed by atoms with E-state index in [1.54, 1.807) is 13.8 Å². The number of hydrogen-bond donors (Lipinski definition) is 1. The van der Waals surface area contributed by atoms with E-state index in [9.17, 15) is 14.0 Å². The van der Waals surface area contributed by atoms with Crippen LogP contribution in [0.1, 0.15) is 23.6 Å². The maximum absolute atomic E-state index is 13.5. The van der Waals surface area contributed by atoms with E-state index in [0.717, 1.165) is 5.56 Å². The van der Waals surface area contributed by atoms with Crippen LogP contribution in [0.2, 0.25) is 0 Å². The first-order chi connectivity index (χ1) is 13.1. The molecule has 1 unspecified atom stereocenters. The van der Waals surface area contributed by atoms with Crippen molar-refractivity contribution in [3.63, 3.8) is 0 Å². The van der Waals surface area contributed by atoms with Gasteiger partial charge in [-0.15, -0.1) is 0 Å². The van der Waals surface area contributed by atoms with E-state index >= 15 is 0 Å². The molecule has 0 aliphatic rings. The summed E-state index contributed by atoms with van der Waals surface area (Å²) in [5, 5.41) is 2.92. The second-order valence-electron chi connectivity index (χ2n) is 7.94. The molecule has 0 aromatic heterocycles. The second-order valence-corrected chi connectivity index (χ2v) is 13.1. The number of anilines is 1. The molecule has 0 fully saturated rings. The fourth-order valence-electron chi connectivity index (χ4n) is 3.01. The fourth-order valence-corrected chi connectivity index (χ4v) is 4.94. The summed E-state index contributed by atoms with van der Waals surface area (Å²) >= 11 is 0. The summed E-state index contributed by atoms with van der Waals surface area (Å²) in [5.41, 5.74) is 2.62. The van der Waals surface area contributed by atoms with Crippen LogP contribution in [0.25, 0.3) is 0 Å². The first-order valence-electron chi connectivity index (χ1n) is 9.37. The van der Waals surface area contributed by atoms with Crippen molar-refractivity contribution in [3.8, 4) is 0 Å².